The van der Waals surface area contributed by atoms with Crippen LogP contribution in [0.1, 0.15) is 53.9 Å². The Morgan fingerprint density at radius 1 is 1.09 bits per heavy atom. The minimum Gasteiger partial charge on any atom is -0.478 e. The summed E-state index contributed by atoms with van der Waals surface area (Å²) in [6.07, 6.45) is 4.90. The van der Waals surface area contributed by atoms with E-state index in [0.29, 0.717) is 34.9 Å². The van der Waals surface area contributed by atoms with Crippen LogP contribution in [0.2, 0.25) is 0 Å². The normalized spacial score (nSPS) is 23.8. The number of benzene rings is 2. The van der Waals surface area contributed by atoms with Gasteiger partial charge in [0.05, 0.1) is 5.56 Å². The molecule has 2 atom stereocenters. The molecule has 33 heavy (non-hydrogen) atoms. The predicted molar refractivity (Wildman–Crippen MR) is 121 cm³/mol. The summed E-state index contributed by atoms with van der Waals surface area (Å²) >= 11 is 0. The van der Waals surface area contributed by atoms with Gasteiger partial charge in [-0.3, -0.25) is 4.79 Å². The molecule has 170 valence electrons. The van der Waals surface area contributed by atoms with Gasteiger partial charge < -0.3 is 19.2 Å². The van der Waals surface area contributed by atoms with Crippen LogP contribution in [0.4, 0.5) is 0 Å². The first-order chi connectivity index (χ1) is 16.0. The predicted octanol–water partition coefficient (Wildman–Crippen LogP) is 4.47. The first-order valence-electron chi connectivity index (χ1n) is 11.7. The van der Waals surface area contributed by atoms with Crippen molar-refractivity contribution in [2.75, 3.05) is 19.7 Å². The highest BCUT2D eigenvalue weighted by molar-refractivity contribution is 5.92. The summed E-state index contributed by atoms with van der Waals surface area (Å²) in [6.45, 7) is 2.36. The van der Waals surface area contributed by atoms with E-state index in [2.05, 4.69) is 17.1 Å². The minimum atomic E-state index is -0.980. The van der Waals surface area contributed by atoms with Crippen LogP contribution in [0, 0.1) is 5.41 Å². The number of carboxylic acids is 1. The molecule has 7 heteroatoms. The van der Waals surface area contributed by atoms with E-state index in [9.17, 15) is 9.59 Å². The van der Waals surface area contributed by atoms with Crippen LogP contribution in [0.3, 0.4) is 0 Å². The monoisotopic (exact) mass is 446 g/mol. The highest BCUT2D eigenvalue weighted by Crippen LogP contribution is 2.65. The molecule has 6 rings (SSSR count). The molecule has 1 amide bonds. The lowest BCUT2D eigenvalue weighted by Crippen LogP contribution is -2.44. The fourth-order valence-corrected chi connectivity index (χ4v) is 5.56. The number of hydrogen-bond acceptors (Lipinski definition) is 5. The number of likely N-dealkylation sites (tertiary alicyclic amines) is 1. The van der Waals surface area contributed by atoms with Crippen LogP contribution in [0.15, 0.2) is 46.9 Å². The maximum atomic E-state index is 12.6. The van der Waals surface area contributed by atoms with Crippen LogP contribution >= 0.6 is 0 Å². The zero-order valence-corrected chi connectivity index (χ0v) is 18.3. The molecule has 1 aliphatic carbocycles. The maximum absolute atomic E-state index is 12.6. The second-order valence-corrected chi connectivity index (χ2v) is 9.57. The van der Waals surface area contributed by atoms with Crippen LogP contribution in [0.5, 0.6) is 0 Å². The number of nitrogens with zero attached hydrogens (tertiary/aromatic N) is 2. The van der Waals surface area contributed by atoms with Crippen molar-refractivity contribution in [1.82, 2.24) is 9.88 Å². The van der Waals surface area contributed by atoms with Crippen molar-refractivity contribution in [1.29, 1.82) is 0 Å². The molecule has 2 aromatic carbocycles. The van der Waals surface area contributed by atoms with Gasteiger partial charge >= 0.3 is 5.97 Å². The molecule has 0 radical (unpaired) electrons. The average molecular weight is 447 g/mol. The molecule has 1 N–H and O–H groups in total. The van der Waals surface area contributed by atoms with Gasteiger partial charge in [0.1, 0.15) is 11.6 Å². The Morgan fingerprint density at radius 3 is 2.58 bits per heavy atom. The fourth-order valence-electron chi connectivity index (χ4n) is 5.56. The number of carbonyl (C=O) groups is 2. The highest BCUT2D eigenvalue weighted by Gasteiger charge is 2.55. The Labute approximate surface area is 191 Å². The minimum absolute atomic E-state index is 0.178. The molecule has 7 nitrogen and oxygen atoms in total. The number of fused-ring (bicyclic) bond motifs is 1. The van der Waals surface area contributed by atoms with Crippen molar-refractivity contribution in [2.24, 2.45) is 5.41 Å². The van der Waals surface area contributed by atoms with Gasteiger partial charge in [-0.05, 0) is 79.3 Å². The summed E-state index contributed by atoms with van der Waals surface area (Å²) in [6, 6.07) is 13.1. The molecule has 0 bridgehead atoms. The number of rotatable bonds is 4. The van der Waals surface area contributed by atoms with Crippen LogP contribution in [-0.4, -0.2) is 52.7 Å². The van der Waals surface area contributed by atoms with Gasteiger partial charge in [-0.15, -0.1) is 0 Å². The van der Waals surface area contributed by atoms with Crippen molar-refractivity contribution in [2.45, 2.75) is 44.1 Å². The second kappa shape index (κ2) is 7.70. The summed E-state index contributed by atoms with van der Waals surface area (Å²) in [5.41, 5.74) is 3.82. The number of aromatic carboxylic acids is 1. The molecular formula is C26H26N2O5. The lowest BCUT2D eigenvalue weighted by Gasteiger charge is -2.34. The van der Waals surface area contributed by atoms with E-state index in [4.69, 9.17) is 14.3 Å². The van der Waals surface area contributed by atoms with E-state index >= 15 is 0 Å². The molecule has 0 unspecified atom stereocenters. The van der Waals surface area contributed by atoms with E-state index in [1.54, 1.807) is 6.07 Å². The number of oxazole rings is 1. The molecular weight excluding hydrogens is 420 g/mol. The molecule has 2 saturated heterocycles. The van der Waals surface area contributed by atoms with E-state index in [-0.39, 0.29) is 17.6 Å². The zero-order chi connectivity index (χ0) is 22.6. The van der Waals surface area contributed by atoms with Crippen molar-refractivity contribution in [3.8, 4) is 11.5 Å². The molecule has 3 aromatic rings. The first kappa shape index (κ1) is 20.4. The summed E-state index contributed by atoms with van der Waals surface area (Å²) < 4.78 is 11.4. The number of ether oxygens (including phenoxy) is 1. The van der Waals surface area contributed by atoms with Crippen molar-refractivity contribution in [3.05, 3.63) is 53.6 Å². The molecule has 1 saturated carbocycles. The number of carboxylic acid groups (broad SMARTS) is 1. The number of aromatic nitrogens is 1. The van der Waals surface area contributed by atoms with Gasteiger partial charge in [-0.25, -0.2) is 9.78 Å². The number of amides is 1. The Bertz CT molecular complexity index is 1220. The first-order valence-corrected chi connectivity index (χ1v) is 11.7. The van der Waals surface area contributed by atoms with E-state index in [0.717, 1.165) is 44.3 Å². The Morgan fingerprint density at radius 2 is 1.88 bits per heavy atom. The molecule has 2 aliphatic heterocycles. The van der Waals surface area contributed by atoms with Crippen LogP contribution in [-0.2, 0) is 9.53 Å². The molecule has 3 fully saturated rings. The Kier molecular flexibility index (Phi) is 4.76. The number of piperidine rings is 1. The smallest absolute Gasteiger partial charge is 0.335 e. The molecule has 3 heterocycles. The lowest BCUT2D eigenvalue weighted by molar-refractivity contribution is -0.142. The fraction of sp³-hybridized carbons (Fsp3) is 0.423. The van der Waals surface area contributed by atoms with Crippen molar-refractivity contribution >= 4 is 23.0 Å². The van der Waals surface area contributed by atoms with Gasteiger partial charge in [0.25, 0.3) is 5.91 Å². The maximum Gasteiger partial charge on any atom is 0.335 e. The molecule has 1 aromatic heterocycles. The molecule has 1 spiro atoms. The molecule has 3 aliphatic rings. The van der Waals surface area contributed by atoms with Gasteiger partial charge in [-0.1, -0.05) is 12.1 Å². The van der Waals surface area contributed by atoms with Crippen molar-refractivity contribution < 1.29 is 23.8 Å². The summed E-state index contributed by atoms with van der Waals surface area (Å²) in [5, 5.41) is 9.17. The standard InChI is InChI=1S/C26H26N2O5/c29-24(22-2-1-13-32-22)28-11-9-26(10-12-28)15-19(26)16-3-5-17(6-4-16)23-27-20-14-18(25(30)31)7-8-21(20)33-23/h3-8,14,19,22H,1-2,9-13,15H2,(H,30,31)/t19-,22-/m1/s1. The van der Waals surface area contributed by atoms with Gasteiger partial charge in [0.2, 0.25) is 5.89 Å². The van der Waals surface area contributed by atoms with Crippen LogP contribution < -0.4 is 0 Å². The Hall–Kier alpha value is -3.19. The Balaban J connectivity index is 1.12. The van der Waals surface area contributed by atoms with Gasteiger partial charge in [0.15, 0.2) is 5.58 Å². The van der Waals surface area contributed by atoms with E-state index in [1.165, 1.54) is 24.1 Å². The van der Waals surface area contributed by atoms with Gasteiger partial charge in [-0.2, -0.15) is 0 Å². The summed E-state index contributed by atoms with van der Waals surface area (Å²) in [7, 11) is 0. The summed E-state index contributed by atoms with van der Waals surface area (Å²) in [4.78, 5) is 30.3. The van der Waals surface area contributed by atoms with E-state index < -0.39 is 5.97 Å². The third kappa shape index (κ3) is 3.60. The van der Waals surface area contributed by atoms with Crippen LogP contribution in [0.25, 0.3) is 22.6 Å². The third-order valence-electron chi connectivity index (χ3n) is 7.66. The second-order valence-electron chi connectivity index (χ2n) is 9.57. The van der Waals surface area contributed by atoms with E-state index in [1.807, 2.05) is 17.0 Å². The van der Waals surface area contributed by atoms with Gasteiger partial charge in [0, 0.05) is 25.3 Å². The highest BCUT2D eigenvalue weighted by atomic mass is 16.5. The quantitative estimate of drug-likeness (QED) is 0.636. The lowest BCUT2D eigenvalue weighted by atomic mass is 9.88. The number of hydrogen-bond donors (Lipinski definition) is 1. The topological polar surface area (TPSA) is 92.9 Å². The SMILES string of the molecule is O=C(O)c1ccc2oc(-c3ccc([C@H]4CC45CCN(C(=O)[C@H]4CCCO4)CC5)cc3)nc2c1. The largest absolute Gasteiger partial charge is 0.478 e. The summed E-state index contributed by atoms with van der Waals surface area (Å²) in [5.74, 6) is 0.225. The number of carbonyl (C=O) groups excluding carboxylic acids is 1. The van der Waals surface area contributed by atoms with Crippen molar-refractivity contribution in [3.63, 3.8) is 0 Å². The zero-order valence-electron chi connectivity index (χ0n) is 18.3. The third-order valence-corrected chi connectivity index (χ3v) is 7.66. The average Bonchev–Trinajstić information content (AvgIpc) is 3.21.